The van der Waals surface area contributed by atoms with Gasteiger partial charge in [0.2, 0.25) is 0 Å². The van der Waals surface area contributed by atoms with E-state index in [-0.39, 0.29) is 22.6 Å². The third kappa shape index (κ3) is 4.97. The zero-order valence-electron chi connectivity index (χ0n) is 18.2. The van der Waals surface area contributed by atoms with E-state index in [0.717, 1.165) is 43.4 Å². The summed E-state index contributed by atoms with van der Waals surface area (Å²) in [5, 5.41) is 40.7. The highest BCUT2D eigenvalue weighted by Crippen LogP contribution is 2.43. The van der Waals surface area contributed by atoms with Gasteiger partial charge >= 0.3 is 17.9 Å². The third-order valence-corrected chi connectivity index (χ3v) is 6.19. The smallest absolute Gasteiger partial charge is 0.340 e. The summed E-state index contributed by atoms with van der Waals surface area (Å²) in [7, 11) is 0. The van der Waals surface area contributed by atoms with E-state index in [4.69, 9.17) is 0 Å². The van der Waals surface area contributed by atoms with E-state index in [1.807, 2.05) is 0 Å². The summed E-state index contributed by atoms with van der Waals surface area (Å²) >= 11 is 0. The zero-order chi connectivity index (χ0) is 24.5. The Morgan fingerprint density at radius 2 is 1.42 bits per heavy atom. The number of aromatic carboxylic acids is 3. The molecular weight excluding hydrogens is 430 g/mol. The van der Waals surface area contributed by atoms with E-state index in [9.17, 15) is 39.6 Å². The molecule has 3 rings (SSSR count). The maximum atomic E-state index is 13.0. The maximum absolute atomic E-state index is 13.0. The SMILES string of the molecule is CC1(C)CCC(c2ccc(C(=O)O)c(NC(=O)c3c(C(=O)O)ccc(O)c3C(=O)O)c2)CC1. The second kappa shape index (κ2) is 8.93. The van der Waals surface area contributed by atoms with Gasteiger partial charge in [0.05, 0.1) is 22.4 Å². The molecule has 0 saturated heterocycles. The van der Waals surface area contributed by atoms with Crippen LogP contribution in [0.1, 0.15) is 92.4 Å². The fraction of sp³-hybridized carbons (Fsp3) is 0.333. The summed E-state index contributed by atoms with van der Waals surface area (Å²) in [6.07, 6.45) is 3.78. The van der Waals surface area contributed by atoms with Crippen molar-refractivity contribution >= 4 is 29.5 Å². The van der Waals surface area contributed by atoms with Crippen LogP contribution in [-0.4, -0.2) is 44.2 Å². The van der Waals surface area contributed by atoms with Gasteiger partial charge in [-0.3, -0.25) is 4.79 Å². The number of phenols is 1. The van der Waals surface area contributed by atoms with Crippen LogP contribution in [0.5, 0.6) is 5.75 Å². The lowest BCUT2D eigenvalue weighted by Crippen LogP contribution is -2.23. The molecule has 0 atom stereocenters. The molecule has 0 aliphatic heterocycles. The van der Waals surface area contributed by atoms with Gasteiger partial charge < -0.3 is 25.7 Å². The van der Waals surface area contributed by atoms with Crippen molar-refractivity contribution in [1.82, 2.24) is 0 Å². The number of hydrogen-bond acceptors (Lipinski definition) is 5. The highest BCUT2D eigenvalue weighted by atomic mass is 16.4. The molecule has 0 spiro atoms. The van der Waals surface area contributed by atoms with E-state index in [1.165, 1.54) is 12.1 Å². The number of anilines is 1. The van der Waals surface area contributed by atoms with Gasteiger partial charge in [-0.1, -0.05) is 19.9 Å². The number of carboxylic acid groups (broad SMARTS) is 3. The van der Waals surface area contributed by atoms with Crippen molar-refractivity contribution in [3.63, 3.8) is 0 Å². The first kappa shape index (κ1) is 23.8. The molecule has 174 valence electrons. The Hall–Kier alpha value is -3.88. The standard InChI is InChI=1S/C24H25NO8/c1-24(2)9-7-12(8-10-24)13-3-4-14(21(28)29)16(11-13)25-20(27)18-15(22(30)31)5-6-17(26)19(18)23(32)33/h3-6,11-12,26H,7-10H2,1-2H3,(H,25,27)(H,28,29)(H,30,31)(H,32,33). The molecule has 9 heteroatoms. The van der Waals surface area contributed by atoms with Gasteiger partial charge in [0.25, 0.3) is 5.91 Å². The Morgan fingerprint density at radius 1 is 0.848 bits per heavy atom. The average molecular weight is 455 g/mol. The van der Waals surface area contributed by atoms with Crippen LogP contribution in [-0.2, 0) is 0 Å². The molecule has 33 heavy (non-hydrogen) atoms. The predicted molar refractivity (Wildman–Crippen MR) is 118 cm³/mol. The maximum Gasteiger partial charge on any atom is 0.340 e. The molecular formula is C24H25NO8. The highest BCUT2D eigenvalue weighted by Gasteiger charge is 2.30. The van der Waals surface area contributed by atoms with Crippen LogP contribution in [0.15, 0.2) is 30.3 Å². The number of aromatic hydroxyl groups is 1. The molecule has 2 aromatic carbocycles. The molecule has 0 radical (unpaired) electrons. The number of nitrogens with one attached hydrogen (secondary N) is 1. The fourth-order valence-electron chi connectivity index (χ4n) is 4.25. The summed E-state index contributed by atoms with van der Waals surface area (Å²) in [5.41, 5.74) is -1.53. The molecule has 0 unspecified atom stereocenters. The number of hydrogen-bond donors (Lipinski definition) is 5. The van der Waals surface area contributed by atoms with Crippen LogP contribution in [0, 0.1) is 5.41 Å². The lowest BCUT2D eigenvalue weighted by atomic mass is 9.71. The van der Waals surface area contributed by atoms with E-state index in [2.05, 4.69) is 19.2 Å². The van der Waals surface area contributed by atoms with Crippen molar-refractivity contribution in [2.75, 3.05) is 5.32 Å². The van der Waals surface area contributed by atoms with Crippen LogP contribution >= 0.6 is 0 Å². The molecule has 0 bridgehead atoms. The summed E-state index contributed by atoms with van der Waals surface area (Å²) in [4.78, 5) is 48.0. The first-order chi connectivity index (χ1) is 15.4. The molecule has 1 saturated carbocycles. The minimum atomic E-state index is -1.70. The summed E-state index contributed by atoms with van der Waals surface area (Å²) in [5.74, 6) is -6.34. The Balaban J connectivity index is 2.03. The van der Waals surface area contributed by atoms with E-state index in [1.54, 1.807) is 6.07 Å². The molecule has 0 aromatic heterocycles. The number of carbonyl (C=O) groups excluding carboxylic acids is 1. The number of benzene rings is 2. The molecule has 5 N–H and O–H groups in total. The first-order valence-corrected chi connectivity index (χ1v) is 10.4. The zero-order valence-corrected chi connectivity index (χ0v) is 18.2. The van der Waals surface area contributed by atoms with E-state index in [0.29, 0.717) is 0 Å². The number of rotatable bonds is 6. The number of carboxylic acids is 3. The van der Waals surface area contributed by atoms with Gasteiger partial charge in [0, 0.05) is 0 Å². The Kier molecular flexibility index (Phi) is 6.44. The number of amides is 1. The lowest BCUT2D eigenvalue weighted by Gasteiger charge is -2.34. The first-order valence-electron chi connectivity index (χ1n) is 10.4. The summed E-state index contributed by atoms with van der Waals surface area (Å²) in [6, 6.07) is 6.39. The van der Waals surface area contributed by atoms with Crippen molar-refractivity contribution in [3.8, 4) is 5.75 Å². The van der Waals surface area contributed by atoms with E-state index >= 15 is 0 Å². The normalized spacial score (nSPS) is 15.6. The van der Waals surface area contributed by atoms with Crippen molar-refractivity contribution in [2.24, 2.45) is 5.41 Å². The van der Waals surface area contributed by atoms with Gasteiger partial charge in [-0.05, 0) is 66.8 Å². The minimum absolute atomic E-state index is 0.0779. The molecule has 9 nitrogen and oxygen atoms in total. The number of carbonyl (C=O) groups is 4. The van der Waals surface area contributed by atoms with Gasteiger partial charge in [-0.2, -0.15) is 0 Å². The van der Waals surface area contributed by atoms with Crippen LogP contribution in [0.3, 0.4) is 0 Å². The average Bonchev–Trinajstić information content (AvgIpc) is 2.72. The van der Waals surface area contributed by atoms with Crippen LogP contribution in [0.2, 0.25) is 0 Å². The fourth-order valence-corrected chi connectivity index (χ4v) is 4.25. The Labute approximate surface area is 189 Å². The molecule has 1 fully saturated rings. The second-order valence-corrected chi connectivity index (χ2v) is 9.00. The monoisotopic (exact) mass is 455 g/mol. The van der Waals surface area contributed by atoms with Crippen molar-refractivity contribution in [2.45, 2.75) is 45.4 Å². The van der Waals surface area contributed by atoms with Gasteiger partial charge in [0.15, 0.2) is 0 Å². The molecule has 1 aliphatic rings. The van der Waals surface area contributed by atoms with Gasteiger partial charge in [-0.15, -0.1) is 0 Å². The third-order valence-electron chi connectivity index (χ3n) is 6.19. The predicted octanol–water partition coefficient (Wildman–Crippen LogP) is 4.42. The molecule has 1 aliphatic carbocycles. The molecule has 1 amide bonds. The quantitative estimate of drug-likeness (QED) is 0.427. The lowest BCUT2D eigenvalue weighted by molar-refractivity contribution is 0.0676. The summed E-state index contributed by atoms with van der Waals surface area (Å²) < 4.78 is 0. The van der Waals surface area contributed by atoms with Crippen LogP contribution < -0.4 is 5.32 Å². The van der Waals surface area contributed by atoms with Crippen molar-refractivity contribution in [1.29, 1.82) is 0 Å². The largest absolute Gasteiger partial charge is 0.507 e. The minimum Gasteiger partial charge on any atom is -0.507 e. The van der Waals surface area contributed by atoms with Gasteiger partial charge in [0.1, 0.15) is 11.3 Å². The summed E-state index contributed by atoms with van der Waals surface area (Å²) in [6.45, 7) is 4.38. The Bertz CT molecular complexity index is 1140. The second-order valence-electron chi connectivity index (χ2n) is 9.00. The van der Waals surface area contributed by atoms with Crippen molar-refractivity contribution in [3.05, 3.63) is 58.1 Å². The van der Waals surface area contributed by atoms with Crippen molar-refractivity contribution < 1.29 is 39.6 Å². The molecule has 0 heterocycles. The van der Waals surface area contributed by atoms with Gasteiger partial charge in [-0.25, -0.2) is 14.4 Å². The Morgan fingerprint density at radius 3 is 1.97 bits per heavy atom. The van der Waals surface area contributed by atoms with E-state index < -0.39 is 46.3 Å². The molecule has 2 aromatic rings. The highest BCUT2D eigenvalue weighted by molar-refractivity contribution is 6.17. The topological polar surface area (TPSA) is 161 Å². The van der Waals surface area contributed by atoms with Crippen LogP contribution in [0.25, 0.3) is 0 Å². The van der Waals surface area contributed by atoms with Crippen LogP contribution in [0.4, 0.5) is 5.69 Å².